The number of rotatable bonds is 5. The summed E-state index contributed by atoms with van der Waals surface area (Å²) in [6, 6.07) is 17.1. The minimum atomic E-state index is -0.295. The van der Waals surface area contributed by atoms with Gasteiger partial charge in [-0.25, -0.2) is 0 Å². The van der Waals surface area contributed by atoms with E-state index in [9.17, 15) is 10.1 Å². The minimum Gasteiger partial charge on any atom is -0.316 e. The summed E-state index contributed by atoms with van der Waals surface area (Å²) in [7, 11) is 0. The highest BCUT2D eigenvalue weighted by Crippen LogP contribution is 2.30. The first-order chi connectivity index (χ1) is 13.7. The number of aromatic nitrogens is 6. The Morgan fingerprint density at radius 3 is 2.64 bits per heavy atom. The first-order valence-electron chi connectivity index (χ1n) is 8.29. The molecule has 3 aromatic heterocycles. The van der Waals surface area contributed by atoms with Crippen LogP contribution in [0.3, 0.4) is 0 Å². The van der Waals surface area contributed by atoms with Crippen molar-refractivity contribution in [3.8, 4) is 28.5 Å². The quantitative estimate of drug-likeness (QED) is 0.505. The molecule has 0 amide bonds. The fraction of sp³-hybridized carbons (Fsp3) is 0.0526. The molecule has 2 N–H and O–H groups in total. The molecular formula is C19H13N7OS. The molecule has 0 spiro atoms. The highest BCUT2D eigenvalue weighted by atomic mass is 32.2. The summed E-state index contributed by atoms with van der Waals surface area (Å²) in [4.78, 5) is 19.4. The Hall–Kier alpha value is -3.77. The average molecular weight is 387 g/mol. The zero-order valence-corrected chi connectivity index (χ0v) is 15.3. The number of hydrogen-bond acceptors (Lipinski definition) is 7. The van der Waals surface area contributed by atoms with E-state index in [-0.39, 0.29) is 5.56 Å². The Morgan fingerprint density at radius 1 is 1.11 bits per heavy atom. The summed E-state index contributed by atoms with van der Waals surface area (Å²) in [5.74, 6) is 0.851. The standard InChI is InChI=1S/C19H13N7OS/c20-9-15-14(8-18(27)22-19(15)28-11-17-23-25-26-24-17)13-6-7-16(21-10-13)12-4-2-1-3-5-12/h1-8,10H,11H2,(H,22,27)(H,23,24,25,26). The van der Waals surface area contributed by atoms with Gasteiger partial charge in [0.15, 0.2) is 5.82 Å². The van der Waals surface area contributed by atoms with Gasteiger partial charge in [-0.3, -0.25) is 9.78 Å². The largest absolute Gasteiger partial charge is 0.316 e. The Labute approximate surface area is 163 Å². The Morgan fingerprint density at radius 2 is 1.96 bits per heavy atom. The van der Waals surface area contributed by atoms with Crippen LogP contribution >= 0.6 is 11.8 Å². The van der Waals surface area contributed by atoms with Crippen LogP contribution in [-0.2, 0) is 5.75 Å². The van der Waals surface area contributed by atoms with Crippen molar-refractivity contribution in [2.45, 2.75) is 10.8 Å². The average Bonchev–Trinajstić information content (AvgIpc) is 3.26. The predicted octanol–water partition coefficient (Wildman–Crippen LogP) is 2.78. The van der Waals surface area contributed by atoms with Gasteiger partial charge in [0.2, 0.25) is 5.56 Å². The van der Waals surface area contributed by atoms with Crippen molar-refractivity contribution in [2.24, 2.45) is 0 Å². The highest BCUT2D eigenvalue weighted by Gasteiger charge is 2.14. The second-order valence-corrected chi connectivity index (χ2v) is 6.76. The molecule has 0 saturated carbocycles. The van der Waals surface area contributed by atoms with Gasteiger partial charge in [-0.1, -0.05) is 53.4 Å². The van der Waals surface area contributed by atoms with Crippen molar-refractivity contribution in [1.82, 2.24) is 30.6 Å². The highest BCUT2D eigenvalue weighted by molar-refractivity contribution is 7.98. The number of benzene rings is 1. The van der Waals surface area contributed by atoms with Crippen molar-refractivity contribution in [3.05, 3.63) is 76.5 Å². The van der Waals surface area contributed by atoms with Crippen molar-refractivity contribution >= 4 is 11.8 Å². The molecule has 0 fully saturated rings. The molecule has 1 aromatic carbocycles. The van der Waals surface area contributed by atoms with Crippen LogP contribution in [-0.4, -0.2) is 30.6 Å². The molecule has 4 rings (SSSR count). The van der Waals surface area contributed by atoms with Gasteiger partial charge in [-0.2, -0.15) is 10.5 Å². The SMILES string of the molecule is N#Cc1c(-c2ccc(-c3ccccc3)nc2)cc(=O)[nH]c1SCc1nn[nH]n1. The van der Waals surface area contributed by atoms with Gasteiger partial charge in [-0.15, -0.1) is 10.2 Å². The van der Waals surface area contributed by atoms with Gasteiger partial charge in [0.05, 0.1) is 22.0 Å². The van der Waals surface area contributed by atoms with E-state index in [4.69, 9.17) is 0 Å². The van der Waals surface area contributed by atoms with E-state index < -0.39 is 0 Å². The molecule has 3 heterocycles. The van der Waals surface area contributed by atoms with E-state index in [0.29, 0.717) is 33.3 Å². The summed E-state index contributed by atoms with van der Waals surface area (Å²) < 4.78 is 0. The molecule has 0 aliphatic carbocycles. The molecule has 0 aliphatic rings. The van der Waals surface area contributed by atoms with Crippen LogP contribution in [0.2, 0.25) is 0 Å². The van der Waals surface area contributed by atoms with Crippen LogP contribution in [0.1, 0.15) is 11.4 Å². The summed E-state index contributed by atoms with van der Waals surface area (Å²) in [5.41, 5.74) is 3.13. The number of nitriles is 1. The number of hydrogen-bond donors (Lipinski definition) is 2. The maximum atomic E-state index is 12.2. The first kappa shape index (κ1) is 17.6. The monoisotopic (exact) mass is 387 g/mol. The minimum absolute atomic E-state index is 0.295. The summed E-state index contributed by atoms with van der Waals surface area (Å²) in [5, 5.41) is 23.8. The Balaban J connectivity index is 1.69. The van der Waals surface area contributed by atoms with Crippen LogP contribution in [0, 0.1) is 11.3 Å². The van der Waals surface area contributed by atoms with Crippen LogP contribution in [0.5, 0.6) is 0 Å². The number of nitrogens with one attached hydrogen (secondary N) is 2. The lowest BCUT2D eigenvalue weighted by molar-refractivity contribution is 0.881. The third-order valence-electron chi connectivity index (χ3n) is 4.00. The fourth-order valence-corrected chi connectivity index (χ4v) is 3.56. The zero-order valence-electron chi connectivity index (χ0n) is 14.5. The molecule has 136 valence electrons. The summed E-state index contributed by atoms with van der Waals surface area (Å²) in [6.07, 6.45) is 1.67. The van der Waals surface area contributed by atoms with E-state index in [2.05, 4.69) is 36.7 Å². The van der Waals surface area contributed by atoms with E-state index in [0.717, 1.165) is 11.3 Å². The summed E-state index contributed by atoms with van der Waals surface area (Å²) >= 11 is 1.27. The lowest BCUT2D eigenvalue weighted by atomic mass is 10.0. The molecule has 0 unspecified atom stereocenters. The Bertz CT molecular complexity index is 1180. The van der Waals surface area contributed by atoms with E-state index in [1.54, 1.807) is 6.20 Å². The van der Waals surface area contributed by atoms with Gasteiger partial charge < -0.3 is 4.98 Å². The number of H-pyrrole nitrogens is 2. The van der Waals surface area contributed by atoms with E-state index >= 15 is 0 Å². The van der Waals surface area contributed by atoms with Crippen LogP contribution in [0.15, 0.2) is 64.5 Å². The molecule has 8 nitrogen and oxygen atoms in total. The zero-order chi connectivity index (χ0) is 19.3. The second-order valence-electron chi connectivity index (χ2n) is 5.78. The third-order valence-corrected chi connectivity index (χ3v) is 5.00. The lowest BCUT2D eigenvalue weighted by Gasteiger charge is -2.09. The van der Waals surface area contributed by atoms with Gasteiger partial charge in [0, 0.05) is 29.0 Å². The van der Waals surface area contributed by atoms with Gasteiger partial charge in [-0.05, 0) is 6.07 Å². The van der Waals surface area contributed by atoms with Crippen molar-refractivity contribution < 1.29 is 0 Å². The molecule has 0 bridgehead atoms. The lowest BCUT2D eigenvalue weighted by Crippen LogP contribution is -2.08. The smallest absolute Gasteiger partial charge is 0.249 e. The number of pyridine rings is 2. The van der Waals surface area contributed by atoms with Crippen molar-refractivity contribution in [2.75, 3.05) is 0 Å². The van der Waals surface area contributed by atoms with Crippen molar-refractivity contribution in [3.63, 3.8) is 0 Å². The number of nitrogens with zero attached hydrogens (tertiary/aromatic N) is 5. The van der Waals surface area contributed by atoms with Crippen LogP contribution in [0.4, 0.5) is 0 Å². The molecule has 0 saturated heterocycles. The molecular weight excluding hydrogens is 374 g/mol. The molecule has 0 aliphatic heterocycles. The third kappa shape index (κ3) is 3.67. The molecule has 9 heteroatoms. The van der Waals surface area contributed by atoms with Gasteiger partial charge in [0.1, 0.15) is 6.07 Å². The maximum Gasteiger partial charge on any atom is 0.249 e. The predicted molar refractivity (Wildman–Crippen MR) is 104 cm³/mol. The molecule has 28 heavy (non-hydrogen) atoms. The van der Waals surface area contributed by atoms with Crippen LogP contribution < -0.4 is 5.56 Å². The summed E-state index contributed by atoms with van der Waals surface area (Å²) in [6.45, 7) is 0. The van der Waals surface area contributed by atoms with E-state index in [1.165, 1.54) is 17.8 Å². The van der Waals surface area contributed by atoms with Crippen LogP contribution in [0.25, 0.3) is 22.4 Å². The second kappa shape index (κ2) is 7.85. The topological polar surface area (TPSA) is 124 Å². The maximum absolute atomic E-state index is 12.2. The van der Waals surface area contributed by atoms with Crippen molar-refractivity contribution in [1.29, 1.82) is 5.26 Å². The van der Waals surface area contributed by atoms with E-state index in [1.807, 2.05) is 42.5 Å². The van der Waals surface area contributed by atoms with Gasteiger partial charge in [0.25, 0.3) is 0 Å². The fourth-order valence-electron chi connectivity index (χ4n) is 2.70. The molecule has 0 radical (unpaired) electrons. The number of aromatic amines is 2. The molecule has 0 atom stereocenters. The number of thioether (sulfide) groups is 1. The first-order valence-corrected chi connectivity index (χ1v) is 9.27. The molecule has 4 aromatic rings. The normalized spacial score (nSPS) is 10.5. The Kier molecular flexibility index (Phi) is 4.95. The van der Waals surface area contributed by atoms with Gasteiger partial charge >= 0.3 is 0 Å². The number of tetrazole rings is 1.